The van der Waals surface area contributed by atoms with Gasteiger partial charge in [0.2, 0.25) is 47.3 Å². The van der Waals surface area contributed by atoms with E-state index in [0.717, 1.165) is 16.0 Å². The Labute approximate surface area is 753 Å². The van der Waals surface area contributed by atoms with E-state index < -0.39 is 199 Å². The van der Waals surface area contributed by atoms with Gasteiger partial charge in [0.15, 0.2) is 25.5 Å². The number of ketones is 1. The van der Waals surface area contributed by atoms with Gasteiger partial charge in [0.25, 0.3) is 5.91 Å². The molecule has 1 fully saturated rings. The van der Waals surface area contributed by atoms with E-state index in [2.05, 4.69) is 42.5 Å². The highest BCUT2D eigenvalue weighted by atomic mass is 32.2. The third kappa shape index (κ3) is 30.7. The van der Waals surface area contributed by atoms with Crippen LogP contribution in [-0.2, 0) is 78.8 Å². The highest BCUT2D eigenvalue weighted by Gasteiger charge is 2.45. The lowest BCUT2D eigenvalue weighted by Crippen LogP contribution is -2.60. The molecule has 6 rings (SSSR count). The average molecular weight is 1820 g/mol. The Balaban J connectivity index is 1.08. The molecule has 13 atom stereocenters. The number of sulfone groups is 2. The van der Waals surface area contributed by atoms with Gasteiger partial charge in [-0.1, -0.05) is 159 Å². The summed E-state index contributed by atoms with van der Waals surface area (Å²) in [6.07, 6.45) is -2.31. The molecule has 704 valence electrons. The molecule has 2 unspecified atom stereocenters. The van der Waals surface area contributed by atoms with Gasteiger partial charge in [-0.15, -0.1) is 0 Å². The van der Waals surface area contributed by atoms with Crippen molar-refractivity contribution in [1.82, 2.24) is 51.9 Å². The van der Waals surface area contributed by atoms with Crippen molar-refractivity contribution in [2.24, 2.45) is 41.2 Å². The summed E-state index contributed by atoms with van der Waals surface area (Å²) < 4.78 is 73.1. The van der Waals surface area contributed by atoms with Gasteiger partial charge in [0.1, 0.15) is 36.8 Å². The zero-order chi connectivity index (χ0) is 95.4. The van der Waals surface area contributed by atoms with Crippen LogP contribution in [0.4, 0.5) is 15.3 Å². The van der Waals surface area contributed by atoms with Crippen LogP contribution in [0.2, 0.25) is 0 Å². The summed E-state index contributed by atoms with van der Waals surface area (Å²) in [6.45, 7) is 24.2. The number of aliphatic hydroxyl groups is 2. The van der Waals surface area contributed by atoms with Gasteiger partial charge in [-0.05, 0) is 156 Å². The largest absolute Gasteiger partial charge is 0.445 e. The molecule has 1 aliphatic rings. The number of nitrogens with one attached hydrogen (secondary N) is 8. The number of benzene rings is 5. The molecular weight excluding hydrogens is 1690 g/mol. The number of likely N-dealkylation sites (N-methyl/N-ethyl adjacent to an activating group) is 2. The molecule has 33 nitrogen and oxygen atoms in total. The van der Waals surface area contributed by atoms with Crippen LogP contribution in [0.25, 0.3) is 0 Å². The maximum atomic E-state index is 14.9. The molecule has 0 spiro atoms. The lowest BCUT2D eigenvalue weighted by Gasteiger charge is -2.41. The van der Waals surface area contributed by atoms with Crippen molar-refractivity contribution in [3.8, 4) is 0 Å². The molecule has 0 aromatic heterocycles. The molecule has 0 radical (unpaired) electrons. The van der Waals surface area contributed by atoms with E-state index in [-0.39, 0.29) is 96.2 Å². The summed E-state index contributed by atoms with van der Waals surface area (Å²) in [5.41, 5.74) is 6.98. The van der Waals surface area contributed by atoms with Gasteiger partial charge in [0.05, 0.1) is 76.0 Å². The van der Waals surface area contributed by atoms with Gasteiger partial charge < -0.3 is 82.5 Å². The van der Waals surface area contributed by atoms with Crippen molar-refractivity contribution in [1.29, 1.82) is 0 Å². The van der Waals surface area contributed by atoms with Gasteiger partial charge >= 0.3 is 12.1 Å². The lowest BCUT2D eigenvalue weighted by molar-refractivity contribution is -0.148. The smallest absolute Gasteiger partial charge is 0.410 e. The van der Waals surface area contributed by atoms with Crippen LogP contribution in [0, 0.1) is 49.4 Å². The number of amides is 12. The van der Waals surface area contributed by atoms with Gasteiger partial charge in [0, 0.05) is 76.8 Å². The SMILES string of the molecule is CC[C@H](C)[C@@H]([C@@H](CC(=O)N1CCC[C@H]1[C@H](OC)[C@@H](C)C(=O)N[C@H](C)[C@@H](O)c1ccccc1)OC)N(C)C(=O)[C@@H](NC(=O)C(C(C)C)N(C)C(=O)OCc1ccc(NC(=O)[C@H](CCCNC(N)=O)NC(=O)C(NC(=O)CC[C@H](NC(=O)c2ccc(C(=O)C(CS(=O)(=O)c3ccc(C)cc3)CS(=O)(=O)c3ccc(C)cc3)cc2)C(=O)NC(C)(C)CCO)C(C)C)cc1)C(C)C. The number of urea groups is 1. The number of rotatable bonds is 49. The number of likely N-dealkylation sites (tertiary alicyclic amines) is 1. The number of nitrogens with two attached hydrogens (primary N) is 1. The topological polar surface area (TPSA) is 473 Å². The number of aryl methyl sites for hydroxylation is 2. The first-order valence-electron chi connectivity index (χ1n) is 43.5. The highest BCUT2D eigenvalue weighted by Crippen LogP contribution is 2.32. The fourth-order valence-electron chi connectivity index (χ4n) is 15.7. The number of anilines is 1. The Morgan fingerprint density at radius 3 is 1.71 bits per heavy atom. The summed E-state index contributed by atoms with van der Waals surface area (Å²) in [6, 6.07) is 23.0. The Kier molecular flexibility index (Phi) is 40.7. The summed E-state index contributed by atoms with van der Waals surface area (Å²) in [5, 5.41) is 42.7. The van der Waals surface area contributed by atoms with E-state index in [4.69, 9.17) is 19.9 Å². The first-order chi connectivity index (χ1) is 60.2. The number of methoxy groups -OCH3 is 2. The summed E-state index contributed by atoms with van der Waals surface area (Å²) in [7, 11) is -2.48. The molecule has 12 N–H and O–H groups in total. The van der Waals surface area contributed by atoms with E-state index in [1.165, 1.54) is 86.8 Å². The zero-order valence-electron chi connectivity index (χ0n) is 76.9. The third-order valence-electron chi connectivity index (χ3n) is 23.4. The van der Waals surface area contributed by atoms with Crippen LogP contribution in [0.15, 0.2) is 137 Å². The maximum Gasteiger partial charge on any atom is 0.410 e. The minimum atomic E-state index is -4.24. The van der Waals surface area contributed by atoms with Gasteiger partial charge in [-0.2, -0.15) is 0 Å². The number of hydrogen-bond acceptors (Lipinski definition) is 21. The van der Waals surface area contributed by atoms with Gasteiger partial charge in [-0.3, -0.25) is 52.8 Å². The number of nitrogens with zero attached hydrogens (tertiary/aromatic N) is 3. The Morgan fingerprint density at radius 2 is 1.19 bits per heavy atom. The van der Waals surface area contributed by atoms with Crippen molar-refractivity contribution in [3.63, 3.8) is 0 Å². The Morgan fingerprint density at radius 1 is 0.625 bits per heavy atom. The van der Waals surface area contributed by atoms with E-state index in [1.54, 1.807) is 156 Å². The number of ether oxygens (including phenoxy) is 3. The van der Waals surface area contributed by atoms with Crippen molar-refractivity contribution in [2.75, 3.05) is 64.8 Å². The first-order valence-corrected chi connectivity index (χ1v) is 46.9. The predicted octanol–water partition coefficient (Wildman–Crippen LogP) is 7.81. The standard InChI is InChI=1S/C93H134N12O21S2/c1-19-60(10)80(74(124-17)51-76(108)105-49-24-28-73(105)83(125-18)61(11)84(111)96-62(12)81(109)64-25-21-20-22-26-64)103(15)90(117)78(56(4)5)101-89(116)79(57(6)7)104(16)92(119)126-52-63-33-39-68(40-34-63)97-86(113)71(27-23-48-95-91(94)118)99-88(115)77(55(2)3)100-75(107)46-45-72(87(114)102-93(13,14)47-50-106)98-85(112)66-37-35-65(36-38-66)82(110)67(53-127(120,121)69-41-29-58(8)30-42-69)54-128(122,123)70-43-31-59(9)32-44-70/h20-22,25-26,29-44,55-57,60-62,67,71-74,77-81,83,106,109H,19,23-24,27-28,45-54H2,1-18H3,(H,96,111)(H,97,113)(H,98,112)(H,99,115)(H,100,107)(H,101,116)(H,102,114)(H3,94,95,118)/t60-,61+,62+,71-,72-,73-,74+,77?,78-,79?,80-,81+,83+/m0/s1. The summed E-state index contributed by atoms with van der Waals surface area (Å²) >= 11 is 0. The molecule has 1 saturated heterocycles. The molecule has 0 aliphatic carbocycles. The van der Waals surface area contributed by atoms with E-state index in [0.29, 0.717) is 36.9 Å². The van der Waals surface area contributed by atoms with Gasteiger partial charge in [-0.25, -0.2) is 26.4 Å². The molecule has 128 heavy (non-hydrogen) atoms. The van der Waals surface area contributed by atoms with E-state index in [1.807, 2.05) is 19.9 Å². The molecule has 1 aliphatic heterocycles. The minimum Gasteiger partial charge on any atom is -0.445 e. The van der Waals surface area contributed by atoms with E-state index >= 15 is 0 Å². The molecule has 5 aromatic rings. The fourth-order valence-corrected chi connectivity index (χ4v) is 18.9. The van der Waals surface area contributed by atoms with E-state index in [9.17, 15) is 84.6 Å². The summed E-state index contributed by atoms with van der Waals surface area (Å²) in [4.78, 5) is 173. The number of carbonyl (C=O) groups excluding carboxylic acids is 12. The first kappa shape index (κ1) is 106. The van der Waals surface area contributed by atoms with Crippen molar-refractivity contribution >= 4 is 96.4 Å². The molecule has 35 heteroatoms. The Hall–Kier alpha value is -10.7. The average Bonchev–Trinajstić information content (AvgIpc) is 1.44. The van der Waals surface area contributed by atoms with Crippen LogP contribution in [0.1, 0.15) is 190 Å². The maximum absolute atomic E-state index is 14.9. The number of aliphatic hydroxyl groups excluding tert-OH is 2. The zero-order valence-corrected chi connectivity index (χ0v) is 78.6. The fraction of sp³-hybridized carbons (Fsp3) is 0.548. The van der Waals surface area contributed by atoms with Crippen molar-refractivity contribution in [2.45, 2.75) is 243 Å². The Bertz CT molecular complexity index is 4730. The second-order valence-corrected chi connectivity index (χ2v) is 39.1. The lowest BCUT2D eigenvalue weighted by atomic mass is 9.89. The normalized spacial score (nSPS) is 15.9. The molecule has 12 amide bonds. The molecule has 0 bridgehead atoms. The molecule has 1 heterocycles. The quantitative estimate of drug-likeness (QED) is 0.0131. The number of hydrogen-bond donors (Lipinski definition) is 11. The van der Waals surface area contributed by atoms with Crippen LogP contribution in [-0.4, -0.2) is 238 Å². The second-order valence-electron chi connectivity index (χ2n) is 35.0. The van der Waals surface area contributed by atoms with Crippen LogP contribution in [0.3, 0.4) is 0 Å². The second kappa shape index (κ2) is 49.2. The molecule has 5 aromatic carbocycles. The van der Waals surface area contributed by atoms with Crippen LogP contribution >= 0.6 is 0 Å². The molecular formula is C93H134N12O21S2. The number of carbonyl (C=O) groups is 12. The number of primary amides is 1. The minimum absolute atomic E-state index is 0.0108. The monoisotopic (exact) mass is 1820 g/mol. The van der Waals surface area contributed by atoms with Crippen molar-refractivity contribution in [3.05, 3.63) is 161 Å². The highest BCUT2D eigenvalue weighted by molar-refractivity contribution is 7.92. The summed E-state index contributed by atoms with van der Waals surface area (Å²) in [5.74, 6) is -12.2. The van der Waals surface area contributed by atoms with Crippen LogP contribution < -0.4 is 48.3 Å². The van der Waals surface area contributed by atoms with Crippen LogP contribution in [0.5, 0.6) is 0 Å². The third-order valence-corrected chi connectivity index (χ3v) is 27.1. The molecule has 0 saturated carbocycles. The number of Topliss-reactive ketones (excluding diaryl/α,β-unsaturated/α-hetero) is 1. The predicted molar refractivity (Wildman–Crippen MR) is 484 cm³/mol. The van der Waals surface area contributed by atoms with Crippen molar-refractivity contribution < 1.29 is 98.8 Å².